The third kappa shape index (κ3) is 2.71. The molecule has 1 aliphatic heterocycles. The summed E-state index contributed by atoms with van der Waals surface area (Å²) in [5.74, 6) is 0.936. The van der Waals surface area contributed by atoms with E-state index >= 15 is 0 Å². The number of piperidine rings is 1. The highest BCUT2D eigenvalue weighted by atomic mass is 16.2. The summed E-state index contributed by atoms with van der Waals surface area (Å²) in [6.45, 7) is 5.86. The summed E-state index contributed by atoms with van der Waals surface area (Å²) in [4.78, 5) is 29.3. The number of nitrogens with zero attached hydrogens (tertiary/aromatic N) is 1. The van der Waals surface area contributed by atoms with E-state index in [-0.39, 0.29) is 11.5 Å². The second kappa shape index (κ2) is 5.35. The molecule has 0 aliphatic carbocycles. The number of H-pyrrole nitrogens is 1. The summed E-state index contributed by atoms with van der Waals surface area (Å²) in [5, 5.41) is 1.43. The number of rotatable bonds is 1. The molecule has 1 aliphatic rings. The van der Waals surface area contributed by atoms with Crippen molar-refractivity contribution >= 4 is 16.7 Å². The van der Waals surface area contributed by atoms with Crippen LogP contribution in [-0.4, -0.2) is 28.9 Å². The molecule has 2 heterocycles. The lowest BCUT2D eigenvalue weighted by Crippen LogP contribution is -2.43. The van der Waals surface area contributed by atoms with Gasteiger partial charge >= 0.3 is 0 Å². The minimum Gasteiger partial charge on any atom is -0.337 e. The Hall–Kier alpha value is -2.10. The number of likely N-dealkylation sites (tertiary alicyclic amines) is 1. The van der Waals surface area contributed by atoms with E-state index in [9.17, 15) is 9.59 Å². The maximum Gasteiger partial charge on any atom is 0.270 e. The first-order valence-electron chi connectivity index (χ1n) is 7.46. The van der Waals surface area contributed by atoms with Gasteiger partial charge in [-0.05, 0) is 35.8 Å². The van der Waals surface area contributed by atoms with Crippen LogP contribution in [0.4, 0.5) is 0 Å². The Morgan fingerprint density at radius 3 is 2.57 bits per heavy atom. The van der Waals surface area contributed by atoms with E-state index in [2.05, 4.69) is 18.8 Å². The lowest BCUT2D eigenvalue weighted by Gasteiger charge is -2.34. The Bertz CT molecular complexity index is 725. The molecule has 1 saturated heterocycles. The fraction of sp³-hybridized carbons (Fsp3) is 0.412. The number of carbonyl (C=O) groups is 1. The Labute approximate surface area is 123 Å². The zero-order valence-electron chi connectivity index (χ0n) is 12.4. The predicted octanol–water partition coefficient (Wildman–Crippen LogP) is 2.65. The van der Waals surface area contributed by atoms with Crippen LogP contribution in [0, 0.1) is 11.8 Å². The number of aromatic amines is 1. The van der Waals surface area contributed by atoms with E-state index in [1.807, 2.05) is 23.1 Å². The minimum absolute atomic E-state index is 0.0729. The lowest BCUT2D eigenvalue weighted by atomic mass is 9.91. The molecule has 2 aromatic rings. The largest absolute Gasteiger partial charge is 0.337 e. The van der Waals surface area contributed by atoms with Crippen molar-refractivity contribution in [3.05, 3.63) is 46.4 Å². The highest BCUT2D eigenvalue weighted by Crippen LogP contribution is 2.22. The Balaban J connectivity index is 1.96. The number of pyridine rings is 1. The number of carbonyl (C=O) groups excluding carboxylic acids is 1. The Kier molecular flexibility index (Phi) is 3.53. The molecule has 4 nitrogen and oxygen atoms in total. The number of hydrogen-bond donors (Lipinski definition) is 1. The molecule has 21 heavy (non-hydrogen) atoms. The van der Waals surface area contributed by atoms with Crippen LogP contribution < -0.4 is 5.56 Å². The lowest BCUT2D eigenvalue weighted by molar-refractivity contribution is 0.0617. The minimum atomic E-state index is -0.199. The molecule has 1 aromatic heterocycles. The average Bonchev–Trinajstić information content (AvgIpc) is 2.45. The fourth-order valence-electron chi connectivity index (χ4n) is 3.33. The highest BCUT2D eigenvalue weighted by Gasteiger charge is 2.26. The van der Waals surface area contributed by atoms with E-state index in [0.29, 0.717) is 22.9 Å². The van der Waals surface area contributed by atoms with Crippen LogP contribution in [0.15, 0.2) is 35.1 Å². The number of benzene rings is 1. The molecule has 1 N–H and O–H groups in total. The average molecular weight is 284 g/mol. The zero-order valence-corrected chi connectivity index (χ0v) is 12.4. The van der Waals surface area contributed by atoms with Gasteiger partial charge in [-0.2, -0.15) is 0 Å². The molecule has 3 rings (SSSR count). The molecule has 110 valence electrons. The van der Waals surface area contributed by atoms with Gasteiger partial charge in [0.15, 0.2) is 0 Å². The maximum atomic E-state index is 12.6. The van der Waals surface area contributed by atoms with Crippen LogP contribution in [-0.2, 0) is 0 Å². The van der Waals surface area contributed by atoms with Crippen LogP contribution in [0.3, 0.4) is 0 Å². The molecular formula is C17H20N2O2. The first-order chi connectivity index (χ1) is 10.0. The van der Waals surface area contributed by atoms with Crippen LogP contribution in [0.1, 0.15) is 30.8 Å². The number of fused-ring (bicyclic) bond motifs is 1. The zero-order chi connectivity index (χ0) is 15.0. The highest BCUT2D eigenvalue weighted by molar-refractivity contribution is 5.96. The van der Waals surface area contributed by atoms with Gasteiger partial charge in [0.2, 0.25) is 0 Å². The van der Waals surface area contributed by atoms with Gasteiger partial charge < -0.3 is 9.88 Å². The molecule has 0 radical (unpaired) electrons. The second-order valence-electron chi connectivity index (χ2n) is 6.26. The fourth-order valence-corrected chi connectivity index (χ4v) is 3.33. The molecule has 0 spiro atoms. The summed E-state index contributed by atoms with van der Waals surface area (Å²) in [6, 6.07) is 9.12. The topological polar surface area (TPSA) is 53.2 Å². The Morgan fingerprint density at radius 2 is 1.86 bits per heavy atom. The number of amides is 1. The van der Waals surface area contributed by atoms with E-state index in [4.69, 9.17) is 0 Å². The van der Waals surface area contributed by atoms with Crippen molar-refractivity contribution < 1.29 is 4.79 Å². The summed E-state index contributed by atoms with van der Waals surface area (Å²) in [5.41, 5.74) is 0.189. The molecule has 2 unspecified atom stereocenters. The van der Waals surface area contributed by atoms with Gasteiger partial charge in [0, 0.05) is 18.5 Å². The molecular weight excluding hydrogens is 264 g/mol. The number of aromatic nitrogens is 1. The van der Waals surface area contributed by atoms with Crippen LogP contribution >= 0.6 is 0 Å². The van der Waals surface area contributed by atoms with E-state index < -0.39 is 0 Å². The summed E-state index contributed by atoms with van der Waals surface area (Å²) in [7, 11) is 0. The molecule has 1 fully saturated rings. The number of nitrogens with one attached hydrogen (secondary N) is 1. The van der Waals surface area contributed by atoms with E-state index in [1.165, 1.54) is 0 Å². The van der Waals surface area contributed by atoms with Gasteiger partial charge in [-0.3, -0.25) is 9.59 Å². The molecule has 0 bridgehead atoms. The standard InChI is InChI=1S/C17H20N2O2/c1-11-7-12(2)10-19(9-11)17(21)15-8-13-5-3-4-6-14(13)16(20)18-15/h3-6,8,11-12H,7,9-10H2,1-2H3,(H,18,20). The van der Waals surface area contributed by atoms with Crippen LogP contribution in [0.2, 0.25) is 0 Å². The van der Waals surface area contributed by atoms with Gasteiger partial charge in [0.05, 0.1) is 0 Å². The molecule has 0 saturated carbocycles. The van der Waals surface area contributed by atoms with E-state index in [0.717, 1.165) is 24.9 Å². The van der Waals surface area contributed by atoms with Gasteiger partial charge in [0.25, 0.3) is 11.5 Å². The van der Waals surface area contributed by atoms with Crippen molar-refractivity contribution in [2.45, 2.75) is 20.3 Å². The first-order valence-corrected chi connectivity index (χ1v) is 7.46. The third-order valence-corrected chi connectivity index (χ3v) is 4.14. The van der Waals surface area contributed by atoms with Crippen LogP contribution in [0.25, 0.3) is 10.8 Å². The van der Waals surface area contributed by atoms with Gasteiger partial charge in [0.1, 0.15) is 5.69 Å². The second-order valence-corrected chi connectivity index (χ2v) is 6.26. The molecule has 1 amide bonds. The van der Waals surface area contributed by atoms with E-state index in [1.54, 1.807) is 12.1 Å². The monoisotopic (exact) mass is 284 g/mol. The van der Waals surface area contributed by atoms with Crippen molar-refractivity contribution in [3.8, 4) is 0 Å². The predicted molar refractivity (Wildman–Crippen MR) is 83.4 cm³/mol. The van der Waals surface area contributed by atoms with Gasteiger partial charge in [-0.1, -0.05) is 32.0 Å². The molecule has 1 aromatic carbocycles. The normalized spacial score (nSPS) is 22.5. The SMILES string of the molecule is CC1CC(C)CN(C(=O)c2cc3ccccc3c(=O)[nH]2)C1. The van der Waals surface area contributed by atoms with Crippen molar-refractivity contribution in [2.75, 3.05) is 13.1 Å². The Morgan fingerprint density at radius 1 is 1.19 bits per heavy atom. The molecule has 2 atom stereocenters. The van der Waals surface area contributed by atoms with Crippen molar-refractivity contribution in [2.24, 2.45) is 11.8 Å². The van der Waals surface area contributed by atoms with Crippen molar-refractivity contribution in [3.63, 3.8) is 0 Å². The molecule has 4 heteroatoms. The first kappa shape index (κ1) is 13.9. The van der Waals surface area contributed by atoms with Gasteiger partial charge in [-0.25, -0.2) is 0 Å². The smallest absolute Gasteiger partial charge is 0.270 e. The maximum absolute atomic E-state index is 12.6. The van der Waals surface area contributed by atoms with Crippen LogP contribution in [0.5, 0.6) is 0 Å². The summed E-state index contributed by atoms with van der Waals surface area (Å²) in [6.07, 6.45) is 1.15. The van der Waals surface area contributed by atoms with Crippen molar-refractivity contribution in [1.82, 2.24) is 9.88 Å². The van der Waals surface area contributed by atoms with Crippen molar-refractivity contribution in [1.29, 1.82) is 0 Å². The third-order valence-electron chi connectivity index (χ3n) is 4.14. The number of hydrogen-bond acceptors (Lipinski definition) is 2. The summed E-state index contributed by atoms with van der Waals surface area (Å²) >= 11 is 0. The summed E-state index contributed by atoms with van der Waals surface area (Å²) < 4.78 is 0. The van der Waals surface area contributed by atoms with Gasteiger partial charge in [-0.15, -0.1) is 0 Å². The quantitative estimate of drug-likeness (QED) is 0.875.